The van der Waals surface area contributed by atoms with Crippen molar-refractivity contribution in [3.8, 4) is 0 Å². The van der Waals surface area contributed by atoms with Crippen molar-refractivity contribution in [3.63, 3.8) is 0 Å². The third-order valence-corrected chi connectivity index (χ3v) is 14.2. The lowest BCUT2D eigenvalue weighted by Crippen LogP contribution is -2.50. The lowest BCUT2D eigenvalue weighted by Gasteiger charge is -2.56. The van der Waals surface area contributed by atoms with E-state index in [9.17, 15) is 14.7 Å². The number of hydrogen-bond donors (Lipinski definition) is 2. The van der Waals surface area contributed by atoms with Crippen LogP contribution < -0.4 is 15.8 Å². The van der Waals surface area contributed by atoms with Gasteiger partial charge in [0.15, 0.2) is 0 Å². The summed E-state index contributed by atoms with van der Waals surface area (Å²) in [5, 5.41) is 14.6. The topological polar surface area (TPSA) is 92.0 Å². The van der Waals surface area contributed by atoms with Crippen LogP contribution in [0.2, 0.25) is 0 Å². The largest absolute Gasteiger partial charge is 0.422 e. The highest BCUT2D eigenvalue weighted by molar-refractivity contribution is 5.90. The lowest BCUT2D eigenvalue weighted by molar-refractivity contribution is -0.136. The van der Waals surface area contributed by atoms with Gasteiger partial charge in [0, 0.05) is 42.3 Å². The van der Waals surface area contributed by atoms with Crippen molar-refractivity contribution in [2.24, 2.45) is 34.5 Å². The summed E-state index contributed by atoms with van der Waals surface area (Å²) in [5.74, 6) is 2.77. The van der Waals surface area contributed by atoms with Gasteiger partial charge in [-0.15, -0.1) is 0 Å². The zero-order valence-electron chi connectivity index (χ0n) is 28.1. The van der Waals surface area contributed by atoms with Crippen molar-refractivity contribution < 1.29 is 19.1 Å². The van der Waals surface area contributed by atoms with E-state index in [1.165, 1.54) is 61.8 Å². The molecule has 0 saturated heterocycles. The summed E-state index contributed by atoms with van der Waals surface area (Å²) in [6, 6.07) is 3.86. The van der Waals surface area contributed by atoms with Gasteiger partial charge >= 0.3 is 5.63 Å². The number of carbonyl (C=O) groups is 1. The molecular formula is C39H54N2O5. The van der Waals surface area contributed by atoms with Crippen LogP contribution in [-0.2, 0) is 28.8 Å². The number of ether oxygens (including phenoxy) is 1. The first-order valence-electron chi connectivity index (χ1n) is 18.7. The number of carbonyl (C=O) groups excluding carboxylic acids is 1. The van der Waals surface area contributed by atoms with E-state index in [1.807, 2.05) is 0 Å². The molecule has 8 rings (SSSR count). The molecule has 1 aromatic heterocycles. The van der Waals surface area contributed by atoms with E-state index >= 15 is 0 Å². The zero-order valence-corrected chi connectivity index (χ0v) is 28.1. The van der Waals surface area contributed by atoms with Gasteiger partial charge in [-0.1, -0.05) is 20.3 Å². The molecule has 4 aliphatic carbocycles. The predicted octanol–water partition coefficient (Wildman–Crippen LogP) is 6.33. The Morgan fingerprint density at radius 3 is 2.67 bits per heavy atom. The van der Waals surface area contributed by atoms with Crippen LogP contribution in [0.5, 0.6) is 0 Å². The van der Waals surface area contributed by atoms with Gasteiger partial charge in [-0.3, -0.25) is 4.79 Å². The first-order chi connectivity index (χ1) is 22.2. The molecular weight excluding hydrogens is 576 g/mol. The fourth-order valence-corrected chi connectivity index (χ4v) is 12.0. The third-order valence-electron chi connectivity index (χ3n) is 14.2. The highest BCUT2D eigenvalue weighted by Gasteiger charge is 2.59. The number of hydrogen-bond acceptors (Lipinski definition) is 6. The molecule has 2 N–H and O–H groups in total. The van der Waals surface area contributed by atoms with E-state index < -0.39 is 0 Å². The number of nitrogens with zero attached hydrogens (tertiary/aromatic N) is 1. The number of aryl methyl sites for hydroxylation is 2. The minimum Gasteiger partial charge on any atom is -0.422 e. The number of aliphatic hydroxyl groups is 1. The molecule has 1 amide bonds. The van der Waals surface area contributed by atoms with Crippen molar-refractivity contribution in [3.05, 3.63) is 39.2 Å². The zero-order chi connectivity index (χ0) is 31.6. The number of nitrogens with one attached hydrogen (secondary N) is 1. The molecule has 3 heterocycles. The van der Waals surface area contributed by atoms with Gasteiger partial charge in [-0.05, 0) is 142 Å². The molecule has 4 fully saturated rings. The molecule has 250 valence electrons. The van der Waals surface area contributed by atoms with Crippen LogP contribution in [0.4, 0.5) is 5.69 Å². The molecule has 0 spiro atoms. The van der Waals surface area contributed by atoms with Crippen molar-refractivity contribution in [2.45, 2.75) is 122 Å². The quantitative estimate of drug-likeness (QED) is 0.363. The monoisotopic (exact) mass is 630 g/mol. The average Bonchev–Trinajstić information content (AvgIpc) is 3.30. The fraction of sp³-hybridized carbons (Fsp3) is 0.744. The van der Waals surface area contributed by atoms with Gasteiger partial charge in [0.25, 0.3) is 0 Å². The fourth-order valence-electron chi connectivity index (χ4n) is 12.0. The Morgan fingerprint density at radius 2 is 1.80 bits per heavy atom. The van der Waals surface area contributed by atoms with Crippen LogP contribution in [0, 0.1) is 34.5 Å². The molecule has 2 aliphatic heterocycles. The summed E-state index contributed by atoms with van der Waals surface area (Å²) in [6.45, 7) is 7.75. The minimum atomic E-state index is -0.306. The van der Waals surface area contributed by atoms with Gasteiger partial charge in [0.05, 0.1) is 12.2 Å². The molecule has 4 saturated carbocycles. The third kappa shape index (κ3) is 5.14. The van der Waals surface area contributed by atoms with E-state index in [2.05, 4.69) is 30.1 Å². The molecule has 0 unspecified atom stereocenters. The molecule has 46 heavy (non-hydrogen) atoms. The van der Waals surface area contributed by atoms with Crippen molar-refractivity contribution in [2.75, 3.05) is 31.1 Å². The maximum atomic E-state index is 13.1. The van der Waals surface area contributed by atoms with Crippen LogP contribution in [0.3, 0.4) is 0 Å². The molecule has 7 heteroatoms. The van der Waals surface area contributed by atoms with E-state index in [0.29, 0.717) is 30.2 Å². The normalized spacial score (nSPS) is 36.7. The average molecular weight is 631 g/mol. The van der Waals surface area contributed by atoms with Gasteiger partial charge in [0.2, 0.25) is 5.91 Å². The van der Waals surface area contributed by atoms with Gasteiger partial charge in [-0.2, -0.15) is 0 Å². The summed E-state index contributed by atoms with van der Waals surface area (Å²) in [7, 11) is 0. The number of aliphatic hydroxyl groups excluding tert-OH is 1. The SMILES string of the molecule is C[C@]12CC[C@@H](O)C[C@@H]1CCC[C@H]1[C@@H]2CC[C@]2(C)[C@@H](OCC(=O)NCCc3cc(=O)oc4c5c6c(cc34)CCCN6CCC5)CC[C@@H]12. The standard InChI is InChI=1S/C39H54N2O5/c1-38-15-12-27(42)22-26(38)7-3-8-28-31-10-11-33(39(31,2)16-13-32(28)38)45-23-34(43)40-17-14-24-21-35(44)46-37-29-9-5-19-41-18-4-6-25(36(29)41)20-30(24)37/h20-21,26-28,31-33,42H,3-19,22-23H2,1-2H3,(H,40,43)/t26-,27+,28+,31-,32-,33-,38-,39-/m0/s1. The molecule has 7 nitrogen and oxygen atoms in total. The maximum Gasteiger partial charge on any atom is 0.336 e. The second-order valence-electron chi connectivity index (χ2n) is 16.5. The second-order valence-corrected chi connectivity index (χ2v) is 16.5. The molecule has 0 bridgehead atoms. The van der Waals surface area contributed by atoms with Crippen LogP contribution in [0.1, 0.15) is 108 Å². The molecule has 0 radical (unpaired) electrons. The van der Waals surface area contributed by atoms with E-state index in [-0.39, 0.29) is 35.8 Å². The number of benzene rings is 1. The first kappa shape index (κ1) is 30.9. The summed E-state index contributed by atoms with van der Waals surface area (Å²) < 4.78 is 12.3. The predicted molar refractivity (Wildman–Crippen MR) is 180 cm³/mol. The highest BCUT2D eigenvalue weighted by Crippen LogP contribution is 2.65. The Balaban J connectivity index is 0.900. The van der Waals surface area contributed by atoms with Gasteiger partial charge in [0.1, 0.15) is 12.2 Å². The molecule has 2 aromatic rings. The van der Waals surface area contributed by atoms with Gasteiger partial charge in [-0.25, -0.2) is 4.79 Å². The van der Waals surface area contributed by atoms with Crippen LogP contribution >= 0.6 is 0 Å². The number of anilines is 1. The Labute approximate surface area is 273 Å². The smallest absolute Gasteiger partial charge is 0.336 e. The Kier molecular flexibility index (Phi) is 8.03. The summed E-state index contributed by atoms with van der Waals surface area (Å²) in [6.07, 6.45) is 16.6. The van der Waals surface area contributed by atoms with Gasteiger partial charge < -0.3 is 24.5 Å². The summed E-state index contributed by atoms with van der Waals surface area (Å²) >= 11 is 0. The van der Waals surface area contributed by atoms with E-state index in [1.54, 1.807) is 6.07 Å². The van der Waals surface area contributed by atoms with Crippen LogP contribution in [0.15, 0.2) is 21.3 Å². The number of rotatable bonds is 6. The number of amides is 1. The molecule has 6 aliphatic rings. The molecule has 1 aromatic carbocycles. The van der Waals surface area contributed by atoms with E-state index in [0.717, 1.165) is 86.4 Å². The lowest BCUT2D eigenvalue weighted by atomic mass is 9.50. The van der Waals surface area contributed by atoms with Crippen LogP contribution in [-0.4, -0.2) is 49.5 Å². The second kappa shape index (κ2) is 11.9. The summed E-state index contributed by atoms with van der Waals surface area (Å²) in [4.78, 5) is 28.2. The Bertz CT molecular complexity index is 1550. The van der Waals surface area contributed by atoms with Crippen LogP contribution in [0.25, 0.3) is 11.0 Å². The number of fused-ring (bicyclic) bond motifs is 7. The Morgan fingerprint density at radius 1 is 1.00 bits per heavy atom. The first-order valence-corrected chi connectivity index (χ1v) is 18.7. The summed E-state index contributed by atoms with van der Waals surface area (Å²) in [5.41, 5.74) is 5.78. The van der Waals surface area contributed by atoms with Crippen molar-refractivity contribution >= 4 is 22.6 Å². The van der Waals surface area contributed by atoms with E-state index in [4.69, 9.17) is 9.15 Å². The molecule has 8 atom stereocenters. The van der Waals surface area contributed by atoms with Crippen molar-refractivity contribution in [1.82, 2.24) is 5.32 Å². The Hall–Kier alpha value is -2.38. The maximum absolute atomic E-state index is 13.1. The minimum absolute atomic E-state index is 0.0679. The van der Waals surface area contributed by atoms with Crippen molar-refractivity contribution in [1.29, 1.82) is 0 Å². The highest BCUT2D eigenvalue weighted by atomic mass is 16.5.